The Morgan fingerprint density at radius 1 is 1.47 bits per heavy atom. The molecular formula is C11H18N2O2. The largest absolute Gasteiger partial charge is 0.462 e. The summed E-state index contributed by atoms with van der Waals surface area (Å²) in [7, 11) is 0. The highest BCUT2D eigenvalue weighted by atomic mass is 16.5. The van der Waals surface area contributed by atoms with Gasteiger partial charge in [0.25, 0.3) is 0 Å². The van der Waals surface area contributed by atoms with Crippen LogP contribution in [0.3, 0.4) is 0 Å². The van der Waals surface area contributed by atoms with Crippen molar-refractivity contribution in [2.45, 2.75) is 40.2 Å². The van der Waals surface area contributed by atoms with Gasteiger partial charge in [0, 0.05) is 6.54 Å². The predicted octanol–water partition coefficient (Wildman–Crippen LogP) is 2.03. The molecule has 0 aliphatic heterocycles. The minimum atomic E-state index is -0.263. The predicted molar refractivity (Wildman–Crippen MR) is 57.9 cm³/mol. The quantitative estimate of drug-likeness (QED) is 0.698. The molecule has 4 heteroatoms. The minimum absolute atomic E-state index is 0.263. The van der Waals surface area contributed by atoms with Crippen molar-refractivity contribution < 1.29 is 9.53 Å². The van der Waals surface area contributed by atoms with Crippen LogP contribution in [0.4, 0.5) is 0 Å². The molecule has 1 aromatic rings. The molecule has 0 saturated carbocycles. The number of carbonyl (C=O) groups is 1. The van der Waals surface area contributed by atoms with E-state index < -0.39 is 0 Å². The lowest BCUT2D eigenvalue weighted by molar-refractivity contribution is 0.0525. The molecule has 0 radical (unpaired) electrons. The standard InChI is InChI=1S/C11H18N2O2/c1-4-7-10-9(11(14)15-6-3)8-12-13(10)5-2/h8H,4-7H2,1-3H3. The first-order chi connectivity index (χ1) is 7.24. The molecule has 0 atom stereocenters. The fourth-order valence-corrected chi connectivity index (χ4v) is 1.56. The zero-order valence-electron chi connectivity index (χ0n) is 9.62. The fourth-order valence-electron chi connectivity index (χ4n) is 1.56. The van der Waals surface area contributed by atoms with E-state index in [-0.39, 0.29) is 5.97 Å². The van der Waals surface area contributed by atoms with Gasteiger partial charge in [0.1, 0.15) is 5.56 Å². The monoisotopic (exact) mass is 210 g/mol. The number of esters is 1. The molecule has 84 valence electrons. The molecule has 1 rings (SSSR count). The Morgan fingerprint density at radius 3 is 2.73 bits per heavy atom. The van der Waals surface area contributed by atoms with Gasteiger partial charge in [-0.25, -0.2) is 4.79 Å². The zero-order chi connectivity index (χ0) is 11.3. The topological polar surface area (TPSA) is 44.1 Å². The van der Waals surface area contributed by atoms with E-state index in [9.17, 15) is 4.79 Å². The Balaban J connectivity index is 2.95. The third kappa shape index (κ3) is 2.58. The molecule has 15 heavy (non-hydrogen) atoms. The highest BCUT2D eigenvalue weighted by molar-refractivity contribution is 5.90. The number of aryl methyl sites for hydroxylation is 1. The molecule has 1 heterocycles. The molecule has 0 aromatic carbocycles. The Kier molecular flexibility index (Phi) is 4.34. The van der Waals surface area contributed by atoms with Gasteiger partial charge in [-0.15, -0.1) is 0 Å². The van der Waals surface area contributed by atoms with Gasteiger partial charge in [-0.3, -0.25) is 4.68 Å². The molecule has 0 amide bonds. The highest BCUT2D eigenvalue weighted by Crippen LogP contribution is 2.12. The number of hydrogen-bond donors (Lipinski definition) is 0. The SMILES string of the molecule is CCCc1c(C(=O)OCC)cnn1CC. The van der Waals surface area contributed by atoms with Crippen molar-refractivity contribution >= 4 is 5.97 Å². The van der Waals surface area contributed by atoms with E-state index in [0.717, 1.165) is 25.1 Å². The summed E-state index contributed by atoms with van der Waals surface area (Å²) in [5.74, 6) is -0.263. The highest BCUT2D eigenvalue weighted by Gasteiger charge is 2.16. The van der Waals surface area contributed by atoms with Gasteiger partial charge in [0.15, 0.2) is 0 Å². The number of aromatic nitrogens is 2. The van der Waals surface area contributed by atoms with Gasteiger partial charge >= 0.3 is 5.97 Å². The number of hydrogen-bond acceptors (Lipinski definition) is 3. The third-order valence-electron chi connectivity index (χ3n) is 2.23. The van der Waals surface area contributed by atoms with Gasteiger partial charge in [0.2, 0.25) is 0 Å². The number of carbonyl (C=O) groups excluding carboxylic acids is 1. The van der Waals surface area contributed by atoms with Crippen molar-refractivity contribution in [3.8, 4) is 0 Å². The maximum atomic E-state index is 11.6. The van der Waals surface area contributed by atoms with Crippen LogP contribution >= 0.6 is 0 Å². The third-order valence-corrected chi connectivity index (χ3v) is 2.23. The minimum Gasteiger partial charge on any atom is -0.462 e. The summed E-state index contributed by atoms with van der Waals surface area (Å²) in [5, 5.41) is 4.17. The van der Waals surface area contributed by atoms with Crippen LogP contribution < -0.4 is 0 Å². The summed E-state index contributed by atoms with van der Waals surface area (Å²) in [6.07, 6.45) is 3.46. The average Bonchev–Trinajstić information content (AvgIpc) is 2.62. The summed E-state index contributed by atoms with van der Waals surface area (Å²) < 4.78 is 6.84. The van der Waals surface area contributed by atoms with Crippen molar-refractivity contribution in [1.29, 1.82) is 0 Å². The number of rotatable bonds is 5. The van der Waals surface area contributed by atoms with Crippen molar-refractivity contribution in [1.82, 2.24) is 9.78 Å². The molecule has 0 spiro atoms. The van der Waals surface area contributed by atoms with Gasteiger partial charge < -0.3 is 4.74 Å². The fraction of sp³-hybridized carbons (Fsp3) is 0.636. The lowest BCUT2D eigenvalue weighted by Gasteiger charge is -2.06. The second-order valence-electron chi connectivity index (χ2n) is 3.29. The van der Waals surface area contributed by atoms with E-state index in [2.05, 4.69) is 12.0 Å². The summed E-state index contributed by atoms with van der Waals surface area (Å²) in [6, 6.07) is 0. The van der Waals surface area contributed by atoms with Gasteiger partial charge in [-0.2, -0.15) is 5.10 Å². The Bertz CT molecular complexity index is 331. The molecule has 0 aliphatic carbocycles. The van der Waals surface area contributed by atoms with Crippen LogP contribution in [0.25, 0.3) is 0 Å². The smallest absolute Gasteiger partial charge is 0.341 e. The summed E-state index contributed by atoms with van der Waals surface area (Å²) in [5.41, 5.74) is 1.60. The molecular weight excluding hydrogens is 192 g/mol. The summed E-state index contributed by atoms with van der Waals surface area (Å²) >= 11 is 0. The first kappa shape index (κ1) is 11.8. The van der Waals surface area contributed by atoms with Crippen molar-refractivity contribution in [2.24, 2.45) is 0 Å². The molecule has 1 aromatic heterocycles. The molecule has 0 aliphatic rings. The maximum absolute atomic E-state index is 11.6. The van der Waals surface area contributed by atoms with Crippen LogP contribution in [0.5, 0.6) is 0 Å². The van der Waals surface area contributed by atoms with Crippen LogP contribution in [-0.4, -0.2) is 22.4 Å². The molecule has 4 nitrogen and oxygen atoms in total. The molecule has 0 bridgehead atoms. The Hall–Kier alpha value is -1.32. The zero-order valence-corrected chi connectivity index (χ0v) is 9.62. The van der Waals surface area contributed by atoms with E-state index in [1.165, 1.54) is 0 Å². The first-order valence-corrected chi connectivity index (χ1v) is 5.46. The van der Waals surface area contributed by atoms with Crippen LogP contribution in [0.2, 0.25) is 0 Å². The molecule has 0 saturated heterocycles. The van der Waals surface area contributed by atoms with E-state index in [1.54, 1.807) is 6.20 Å². The van der Waals surface area contributed by atoms with Crippen LogP contribution in [0, 0.1) is 0 Å². The van der Waals surface area contributed by atoms with Crippen molar-refractivity contribution in [2.75, 3.05) is 6.61 Å². The normalized spacial score (nSPS) is 10.3. The average molecular weight is 210 g/mol. The first-order valence-electron chi connectivity index (χ1n) is 5.46. The summed E-state index contributed by atoms with van der Waals surface area (Å²) in [4.78, 5) is 11.6. The van der Waals surface area contributed by atoms with E-state index in [0.29, 0.717) is 12.2 Å². The number of ether oxygens (including phenoxy) is 1. The van der Waals surface area contributed by atoms with E-state index in [1.807, 2.05) is 18.5 Å². The maximum Gasteiger partial charge on any atom is 0.341 e. The second-order valence-corrected chi connectivity index (χ2v) is 3.29. The van der Waals surface area contributed by atoms with Crippen LogP contribution in [0.15, 0.2) is 6.20 Å². The van der Waals surface area contributed by atoms with Gasteiger partial charge in [0.05, 0.1) is 18.5 Å². The lowest BCUT2D eigenvalue weighted by atomic mass is 10.1. The van der Waals surface area contributed by atoms with E-state index >= 15 is 0 Å². The number of nitrogens with zero attached hydrogens (tertiary/aromatic N) is 2. The van der Waals surface area contributed by atoms with Crippen LogP contribution in [-0.2, 0) is 17.7 Å². The Morgan fingerprint density at radius 2 is 2.20 bits per heavy atom. The lowest BCUT2D eigenvalue weighted by Crippen LogP contribution is -2.09. The molecule has 0 N–H and O–H groups in total. The van der Waals surface area contributed by atoms with E-state index in [4.69, 9.17) is 4.74 Å². The van der Waals surface area contributed by atoms with Crippen molar-refractivity contribution in [3.63, 3.8) is 0 Å². The van der Waals surface area contributed by atoms with Crippen LogP contribution in [0.1, 0.15) is 43.2 Å². The van der Waals surface area contributed by atoms with Crippen molar-refractivity contribution in [3.05, 3.63) is 17.5 Å². The molecule has 0 fully saturated rings. The molecule has 0 unspecified atom stereocenters. The van der Waals surface area contributed by atoms with Gasteiger partial charge in [-0.1, -0.05) is 13.3 Å². The second kappa shape index (κ2) is 5.53. The van der Waals surface area contributed by atoms with Gasteiger partial charge in [-0.05, 0) is 20.3 Å². The summed E-state index contributed by atoms with van der Waals surface area (Å²) in [6.45, 7) is 7.10. The Labute approximate surface area is 90.2 Å².